The molecular formula is C19H29NO3. The second-order valence-corrected chi connectivity index (χ2v) is 6.92. The van der Waals surface area contributed by atoms with Gasteiger partial charge in [-0.3, -0.25) is 4.79 Å². The highest BCUT2D eigenvalue weighted by Crippen LogP contribution is 2.36. The lowest BCUT2D eigenvalue weighted by Gasteiger charge is -2.23. The van der Waals surface area contributed by atoms with Gasteiger partial charge in [0.1, 0.15) is 0 Å². The predicted octanol–water partition coefficient (Wildman–Crippen LogP) is 4.61. The maximum absolute atomic E-state index is 12.8. The molecule has 23 heavy (non-hydrogen) atoms. The van der Waals surface area contributed by atoms with Gasteiger partial charge in [-0.15, -0.1) is 0 Å². The SMILES string of the molecule is CC(C)Oc1cc(N)c(C(=O)C2CCCCC2)cc1OC(C)C. The number of nitrogen functional groups attached to an aromatic ring is 1. The first kappa shape index (κ1) is 17.6. The minimum atomic E-state index is 0.00534. The van der Waals surface area contributed by atoms with Gasteiger partial charge in [-0.05, 0) is 46.6 Å². The Morgan fingerprint density at radius 1 is 1.00 bits per heavy atom. The number of nitrogens with two attached hydrogens (primary N) is 1. The van der Waals surface area contributed by atoms with E-state index in [2.05, 4.69) is 0 Å². The quantitative estimate of drug-likeness (QED) is 0.614. The lowest BCUT2D eigenvalue weighted by Crippen LogP contribution is -2.20. The Bertz CT molecular complexity index is 546. The maximum atomic E-state index is 12.8. The van der Waals surface area contributed by atoms with E-state index < -0.39 is 0 Å². The number of anilines is 1. The van der Waals surface area contributed by atoms with Crippen LogP contribution in [0.5, 0.6) is 11.5 Å². The minimum absolute atomic E-state index is 0.00534. The van der Waals surface area contributed by atoms with Crippen LogP contribution in [0.1, 0.15) is 70.2 Å². The van der Waals surface area contributed by atoms with Gasteiger partial charge in [0.25, 0.3) is 0 Å². The fourth-order valence-corrected chi connectivity index (χ4v) is 3.07. The Hall–Kier alpha value is -1.71. The number of carbonyl (C=O) groups excluding carboxylic acids is 1. The Kier molecular flexibility index (Phi) is 5.91. The van der Waals surface area contributed by atoms with Crippen LogP contribution in [0.15, 0.2) is 12.1 Å². The van der Waals surface area contributed by atoms with Crippen LogP contribution in [0.4, 0.5) is 5.69 Å². The fourth-order valence-electron chi connectivity index (χ4n) is 3.07. The van der Waals surface area contributed by atoms with Gasteiger partial charge in [0.05, 0.1) is 12.2 Å². The molecule has 4 heteroatoms. The van der Waals surface area contributed by atoms with Crippen LogP contribution in [0.25, 0.3) is 0 Å². The Morgan fingerprint density at radius 3 is 2.04 bits per heavy atom. The smallest absolute Gasteiger partial charge is 0.168 e. The van der Waals surface area contributed by atoms with Gasteiger partial charge in [0, 0.05) is 23.2 Å². The second kappa shape index (κ2) is 7.71. The van der Waals surface area contributed by atoms with Gasteiger partial charge in [0.15, 0.2) is 17.3 Å². The minimum Gasteiger partial charge on any atom is -0.487 e. The van der Waals surface area contributed by atoms with Crippen LogP contribution in [-0.2, 0) is 0 Å². The van der Waals surface area contributed by atoms with Crippen LogP contribution in [0.3, 0.4) is 0 Å². The summed E-state index contributed by atoms with van der Waals surface area (Å²) in [7, 11) is 0. The van der Waals surface area contributed by atoms with Crippen molar-refractivity contribution in [2.45, 2.75) is 72.0 Å². The van der Waals surface area contributed by atoms with Crippen LogP contribution in [0, 0.1) is 5.92 Å². The summed E-state index contributed by atoms with van der Waals surface area (Å²) in [4.78, 5) is 12.8. The van der Waals surface area contributed by atoms with Gasteiger partial charge in [-0.25, -0.2) is 0 Å². The van der Waals surface area contributed by atoms with Gasteiger partial charge >= 0.3 is 0 Å². The molecule has 0 radical (unpaired) electrons. The monoisotopic (exact) mass is 319 g/mol. The topological polar surface area (TPSA) is 61.5 Å². The predicted molar refractivity (Wildman–Crippen MR) is 93.3 cm³/mol. The van der Waals surface area contributed by atoms with E-state index in [1.807, 2.05) is 27.7 Å². The van der Waals surface area contributed by atoms with Crippen molar-refractivity contribution >= 4 is 11.5 Å². The molecule has 0 saturated heterocycles. The molecule has 1 aromatic rings. The Balaban J connectivity index is 2.33. The molecule has 0 aliphatic heterocycles. The summed E-state index contributed by atoms with van der Waals surface area (Å²) in [5, 5.41) is 0. The highest BCUT2D eigenvalue weighted by Gasteiger charge is 2.25. The van der Waals surface area contributed by atoms with Crippen molar-refractivity contribution in [1.82, 2.24) is 0 Å². The number of Topliss-reactive ketones (excluding diaryl/α,β-unsaturated/α-hetero) is 1. The van der Waals surface area contributed by atoms with Crippen LogP contribution in [0.2, 0.25) is 0 Å². The van der Waals surface area contributed by atoms with Gasteiger partial charge in [-0.1, -0.05) is 19.3 Å². The first-order chi connectivity index (χ1) is 10.9. The average molecular weight is 319 g/mol. The number of hydrogen-bond acceptors (Lipinski definition) is 4. The molecule has 1 fully saturated rings. The van der Waals surface area contributed by atoms with E-state index in [-0.39, 0.29) is 23.9 Å². The molecule has 0 aromatic heterocycles. The third-order valence-corrected chi connectivity index (χ3v) is 4.08. The van der Waals surface area contributed by atoms with E-state index in [0.29, 0.717) is 22.7 Å². The number of ketones is 1. The fraction of sp³-hybridized carbons (Fsp3) is 0.632. The van der Waals surface area contributed by atoms with Gasteiger partial charge in [-0.2, -0.15) is 0 Å². The summed E-state index contributed by atoms with van der Waals surface area (Å²) >= 11 is 0. The highest BCUT2D eigenvalue weighted by molar-refractivity contribution is 6.03. The summed E-state index contributed by atoms with van der Waals surface area (Å²) in [5.41, 5.74) is 7.20. The molecule has 1 aliphatic rings. The number of carbonyl (C=O) groups is 1. The van der Waals surface area contributed by atoms with Crippen LogP contribution in [-0.4, -0.2) is 18.0 Å². The summed E-state index contributed by atoms with van der Waals surface area (Å²) < 4.78 is 11.6. The zero-order valence-corrected chi connectivity index (χ0v) is 14.7. The molecule has 0 unspecified atom stereocenters. The number of ether oxygens (including phenoxy) is 2. The van der Waals surface area contributed by atoms with Crippen molar-refractivity contribution in [3.63, 3.8) is 0 Å². The van der Waals surface area contributed by atoms with Crippen LogP contribution < -0.4 is 15.2 Å². The Morgan fingerprint density at radius 2 is 1.52 bits per heavy atom. The van der Waals surface area contributed by atoms with Crippen molar-refractivity contribution in [3.05, 3.63) is 17.7 Å². The van der Waals surface area contributed by atoms with E-state index in [4.69, 9.17) is 15.2 Å². The van der Waals surface area contributed by atoms with Crippen molar-refractivity contribution in [3.8, 4) is 11.5 Å². The molecule has 1 aliphatic carbocycles. The molecule has 0 heterocycles. The molecule has 2 rings (SSSR count). The largest absolute Gasteiger partial charge is 0.487 e. The molecule has 4 nitrogen and oxygen atoms in total. The van der Waals surface area contributed by atoms with Crippen molar-refractivity contribution < 1.29 is 14.3 Å². The molecular weight excluding hydrogens is 290 g/mol. The highest BCUT2D eigenvalue weighted by atomic mass is 16.5. The molecule has 0 bridgehead atoms. The van der Waals surface area contributed by atoms with Gasteiger partial charge < -0.3 is 15.2 Å². The zero-order chi connectivity index (χ0) is 17.0. The standard InChI is InChI=1S/C19H29NO3/c1-12(2)22-17-10-15(16(20)11-18(17)23-13(3)4)19(21)14-8-6-5-7-9-14/h10-14H,5-9,20H2,1-4H3. The summed E-state index contributed by atoms with van der Waals surface area (Å²) in [6, 6.07) is 3.50. The first-order valence-electron chi connectivity index (χ1n) is 8.69. The van der Waals surface area contributed by atoms with E-state index in [0.717, 1.165) is 25.7 Å². The molecule has 1 aromatic carbocycles. The summed E-state index contributed by atoms with van der Waals surface area (Å²) in [6.45, 7) is 7.82. The van der Waals surface area contributed by atoms with Crippen molar-refractivity contribution in [2.75, 3.05) is 5.73 Å². The second-order valence-electron chi connectivity index (χ2n) is 6.92. The molecule has 2 N–H and O–H groups in total. The first-order valence-corrected chi connectivity index (χ1v) is 8.69. The normalized spacial score (nSPS) is 15.9. The van der Waals surface area contributed by atoms with Crippen LogP contribution >= 0.6 is 0 Å². The number of hydrogen-bond donors (Lipinski definition) is 1. The van der Waals surface area contributed by atoms with E-state index in [1.165, 1.54) is 6.42 Å². The third-order valence-electron chi connectivity index (χ3n) is 4.08. The molecule has 0 amide bonds. The zero-order valence-electron chi connectivity index (χ0n) is 14.7. The number of benzene rings is 1. The summed E-state index contributed by atoms with van der Waals surface area (Å²) in [6.07, 6.45) is 5.42. The molecule has 128 valence electrons. The third kappa shape index (κ3) is 4.63. The van der Waals surface area contributed by atoms with Crippen molar-refractivity contribution in [2.24, 2.45) is 5.92 Å². The maximum Gasteiger partial charge on any atom is 0.168 e. The van der Waals surface area contributed by atoms with E-state index in [9.17, 15) is 4.79 Å². The van der Waals surface area contributed by atoms with E-state index in [1.54, 1.807) is 12.1 Å². The molecule has 0 atom stereocenters. The Labute approximate surface area is 139 Å². The number of rotatable bonds is 6. The lowest BCUT2D eigenvalue weighted by molar-refractivity contribution is 0.0889. The van der Waals surface area contributed by atoms with Crippen molar-refractivity contribution in [1.29, 1.82) is 0 Å². The van der Waals surface area contributed by atoms with E-state index >= 15 is 0 Å². The van der Waals surface area contributed by atoms with Gasteiger partial charge in [0.2, 0.25) is 0 Å². The molecule has 1 saturated carbocycles. The average Bonchev–Trinajstić information content (AvgIpc) is 2.49. The summed E-state index contributed by atoms with van der Waals surface area (Å²) in [5.74, 6) is 1.44. The molecule has 0 spiro atoms. The lowest BCUT2D eigenvalue weighted by atomic mass is 9.83.